The Balaban J connectivity index is 2.92. The Morgan fingerprint density at radius 1 is 1.30 bits per heavy atom. The van der Waals surface area contributed by atoms with Gasteiger partial charge in [-0.1, -0.05) is 0 Å². The zero-order valence-electron chi connectivity index (χ0n) is 11.8. The van der Waals surface area contributed by atoms with Gasteiger partial charge in [0.05, 0.1) is 6.54 Å². The van der Waals surface area contributed by atoms with Crippen LogP contribution in [-0.4, -0.2) is 45.0 Å². The average Bonchev–Trinajstić information content (AvgIpc) is 2.61. The Morgan fingerprint density at radius 2 is 1.85 bits per heavy atom. The number of aromatic nitrogens is 1. The minimum atomic E-state index is -2.05. The van der Waals surface area contributed by atoms with E-state index in [0.29, 0.717) is 16.8 Å². The number of hydrogen-bond acceptors (Lipinski definition) is 4. The zero-order valence-corrected chi connectivity index (χ0v) is 11.8. The molecule has 0 aliphatic rings. The molecule has 0 aromatic carbocycles. The van der Waals surface area contributed by atoms with Crippen LogP contribution >= 0.6 is 0 Å². The fourth-order valence-corrected chi connectivity index (χ4v) is 1.92. The summed E-state index contributed by atoms with van der Waals surface area (Å²) in [5, 5.41) is 20.6. The lowest BCUT2D eigenvalue weighted by molar-refractivity contribution is -0.155. The van der Waals surface area contributed by atoms with E-state index >= 15 is 0 Å². The highest BCUT2D eigenvalue weighted by Gasteiger charge is 2.31. The van der Waals surface area contributed by atoms with Crippen molar-refractivity contribution in [2.24, 2.45) is 0 Å². The molecule has 110 valence electrons. The van der Waals surface area contributed by atoms with Gasteiger partial charge in [-0.15, -0.1) is 0 Å². The summed E-state index contributed by atoms with van der Waals surface area (Å²) in [6.07, 6.45) is 0. The summed E-state index contributed by atoms with van der Waals surface area (Å²) in [6.45, 7) is 5.36. The summed E-state index contributed by atoms with van der Waals surface area (Å²) >= 11 is 0. The van der Waals surface area contributed by atoms with Crippen molar-refractivity contribution >= 4 is 17.7 Å². The molecular weight excluding hydrogens is 264 g/mol. The molecule has 1 unspecified atom stereocenters. The van der Waals surface area contributed by atoms with E-state index in [-0.39, 0.29) is 11.5 Å². The van der Waals surface area contributed by atoms with Crippen LogP contribution in [0.4, 0.5) is 0 Å². The molecule has 0 aliphatic carbocycles. The van der Waals surface area contributed by atoms with Crippen molar-refractivity contribution in [3.05, 3.63) is 22.5 Å². The van der Waals surface area contributed by atoms with Crippen LogP contribution in [0.15, 0.2) is 0 Å². The molecule has 0 bridgehead atoms. The molecular formula is C13H18N2O5. The van der Waals surface area contributed by atoms with Gasteiger partial charge >= 0.3 is 5.97 Å². The van der Waals surface area contributed by atoms with Gasteiger partial charge in [-0.25, -0.2) is 4.79 Å². The number of hydrogen-bond donors (Lipinski definition) is 4. The second-order valence-electron chi connectivity index (χ2n) is 4.94. The van der Waals surface area contributed by atoms with E-state index in [1.807, 2.05) is 0 Å². The molecule has 1 aromatic heterocycles. The summed E-state index contributed by atoms with van der Waals surface area (Å²) in [6, 6.07) is 0. The van der Waals surface area contributed by atoms with Crippen molar-refractivity contribution in [2.45, 2.75) is 33.3 Å². The summed E-state index contributed by atoms with van der Waals surface area (Å²) in [7, 11) is 0. The van der Waals surface area contributed by atoms with Crippen LogP contribution in [0, 0.1) is 13.8 Å². The van der Waals surface area contributed by atoms with Crippen LogP contribution in [0.3, 0.4) is 0 Å². The number of aliphatic hydroxyl groups is 1. The van der Waals surface area contributed by atoms with Crippen LogP contribution in [0.2, 0.25) is 0 Å². The van der Waals surface area contributed by atoms with E-state index in [0.717, 1.165) is 6.92 Å². The van der Waals surface area contributed by atoms with Gasteiger partial charge in [0.2, 0.25) is 0 Å². The van der Waals surface area contributed by atoms with Gasteiger partial charge in [-0.3, -0.25) is 9.59 Å². The smallest absolute Gasteiger partial charge is 0.337 e. The molecule has 7 nitrogen and oxygen atoms in total. The fourth-order valence-electron chi connectivity index (χ4n) is 1.92. The Labute approximate surface area is 116 Å². The first-order valence-corrected chi connectivity index (χ1v) is 6.02. The average molecular weight is 282 g/mol. The van der Waals surface area contributed by atoms with Crippen LogP contribution in [-0.2, 0) is 4.79 Å². The summed E-state index contributed by atoms with van der Waals surface area (Å²) in [4.78, 5) is 37.0. The number of ketones is 1. The Hall–Kier alpha value is -2.15. The molecule has 20 heavy (non-hydrogen) atoms. The molecule has 0 saturated carbocycles. The number of nitrogens with one attached hydrogen (secondary N) is 2. The van der Waals surface area contributed by atoms with Gasteiger partial charge < -0.3 is 20.5 Å². The number of aromatic amines is 1. The van der Waals surface area contributed by atoms with Gasteiger partial charge in [0.1, 0.15) is 5.69 Å². The number of rotatable bonds is 5. The molecule has 0 spiro atoms. The highest BCUT2D eigenvalue weighted by atomic mass is 16.4. The molecule has 0 radical (unpaired) electrons. The maximum Gasteiger partial charge on any atom is 0.337 e. The molecule has 1 atom stereocenters. The fraction of sp³-hybridized carbons (Fsp3) is 0.462. The second-order valence-corrected chi connectivity index (χ2v) is 4.94. The van der Waals surface area contributed by atoms with Gasteiger partial charge in [0.25, 0.3) is 5.91 Å². The van der Waals surface area contributed by atoms with Crippen molar-refractivity contribution in [2.75, 3.05) is 6.54 Å². The SMILES string of the molecule is CC(=O)c1c(C)[nH]c(C(=O)NCC(C)(O)C(=O)O)c1C. The van der Waals surface area contributed by atoms with Crippen molar-refractivity contribution in [3.63, 3.8) is 0 Å². The Morgan fingerprint density at radius 3 is 2.25 bits per heavy atom. The third-order valence-corrected chi connectivity index (χ3v) is 3.07. The highest BCUT2D eigenvalue weighted by molar-refractivity contribution is 6.02. The van der Waals surface area contributed by atoms with Crippen LogP contribution in [0.25, 0.3) is 0 Å². The third-order valence-electron chi connectivity index (χ3n) is 3.07. The number of aliphatic carboxylic acids is 1. The number of carboxylic acid groups (broad SMARTS) is 1. The lowest BCUT2D eigenvalue weighted by atomic mass is 10.1. The molecule has 1 rings (SSSR count). The summed E-state index contributed by atoms with van der Waals surface area (Å²) in [5.41, 5.74) is -0.337. The first kappa shape index (κ1) is 15.9. The van der Waals surface area contributed by atoms with E-state index < -0.39 is 24.0 Å². The molecule has 0 aliphatic heterocycles. The summed E-state index contributed by atoms with van der Waals surface area (Å²) < 4.78 is 0. The van der Waals surface area contributed by atoms with E-state index in [1.54, 1.807) is 13.8 Å². The van der Waals surface area contributed by atoms with E-state index in [9.17, 15) is 19.5 Å². The molecule has 1 heterocycles. The van der Waals surface area contributed by atoms with E-state index in [4.69, 9.17) is 5.11 Å². The van der Waals surface area contributed by atoms with Gasteiger partial charge in [-0.2, -0.15) is 0 Å². The molecule has 1 aromatic rings. The van der Waals surface area contributed by atoms with Gasteiger partial charge in [0.15, 0.2) is 11.4 Å². The third kappa shape index (κ3) is 3.05. The van der Waals surface area contributed by atoms with Crippen molar-refractivity contribution < 1.29 is 24.6 Å². The first-order chi connectivity index (χ1) is 9.08. The van der Waals surface area contributed by atoms with Crippen molar-refractivity contribution in [3.8, 4) is 0 Å². The molecule has 4 N–H and O–H groups in total. The van der Waals surface area contributed by atoms with E-state index in [2.05, 4.69) is 10.3 Å². The molecule has 1 amide bonds. The Bertz CT molecular complexity index is 572. The van der Waals surface area contributed by atoms with Crippen LogP contribution in [0.5, 0.6) is 0 Å². The maximum atomic E-state index is 12.0. The van der Waals surface area contributed by atoms with E-state index in [1.165, 1.54) is 6.92 Å². The standard InChI is InChI=1S/C13H18N2O5/c1-6-9(8(3)16)7(2)15-10(6)11(17)14-5-13(4,20)12(18)19/h15,20H,5H2,1-4H3,(H,14,17)(H,18,19). The highest BCUT2D eigenvalue weighted by Crippen LogP contribution is 2.18. The zero-order chi connectivity index (χ0) is 15.7. The van der Waals surface area contributed by atoms with Crippen LogP contribution < -0.4 is 5.32 Å². The number of H-pyrrole nitrogens is 1. The van der Waals surface area contributed by atoms with Crippen molar-refractivity contribution in [1.82, 2.24) is 10.3 Å². The molecule has 0 fully saturated rings. The molecule has 7 heteroatoms. The quantitative estimate of drug-likeness (QED) is 0.583. The number of carbonyl (C=O) groups excluding carboxylic acids is 2. The lowest BCUT2D eigenvalue weighted by Gasteiger charge is -2.18. The number of amides is 1. The lowest BCUT2D eigenvalue weighted by Crippen LogP contribution is -2.46. The minimum absolute atomic E-state index is 0.159. The number of Topliss-reactive ketones (excluding diaryl/α,β-unsaturated/α-hetero) is 1. The van der Waals surface area contributed by atoms with Gasteiger partial charge in [0, 0.05) is 11.3 Å². The number of aryl methyl sites for hydroxylation is 1. The normalized spacial score (nSPS) is 13.7. The topological polar surface area (TPSA) is 119 Å². The second kappa shape index (κ2) is 5.46. The summed E-state index contributed by atoms with van der Waals surface area (Å²) in [5.74, 6) is -2.16. The minimum Gasteiger partial charge on any atom is -0.479 e. The maximum absolute atomic E-state index is 12.0. The van der Waals surface area contributed by atoms with Crippen LogP contribution in [0.1, 0.15) is 46.0 Å². The largest absolute Gasteiger partial charge is 0.479 e. The number of carboxylic acids is 1. The van der Waals surface area contributed by atoms with Gasteiger partial charge in [-0.05, 0) is 33.3 Å². The monoisotopic (exact) mass is 282 g/mol. The predicted octanol–water partition coefficient (Wildman–Crippen LogP) is 0.400. The molecule has 0 saturated heterocycles. The number of carbonyl (C=O) groups is 3. The first-order valence-electron chi connectivity index (χ1n) is 6.02. The Kier molecular flexibility index (Phi) is 4.34. The predicted molar refractivity (Wildman–Crippen MR) is 70.9 cm³/mol. The van der Waals surface area contributed by atoms with Crippen molar-refractivity contribution in [1.29, 1.82) is 0 Å².